The molecule has 1 unspecified atom stereocenters. The number of carbonyl (C=O) groups excluding carboxylic acids is 1. The number of benzene rings is 1. The van der Waals surface area contributed by atoms with Crippen molar-refractivity contribution in [3.8, 4) is 5.75 Å². The third-order valence-corrected chi connectivity index (χ3v) is 3.00. The van der Waals surface area contributed by atoms with Crippen LogP contribution in [0, 0.1) is 5.92 Å². The number of para-hydroxylation sites is 1. The maximum atomic E-state index is 11.6. The molecule has 0 heterocycles. The summed E-state index contributed by atoms with van der Waals surface area (Å²) in [6.45, 7) is 5.74. The highest BCUT2D eigenvalue weighted by atomic mass is 31.1. The summed E-state index contributed by atoms with van der Waals surface area (Å²) < 4.78 is 13.9. The molecule has 0 N–H and O–H groups in total. The molecule has 1 rings (SSSR count). The van der Waals surface area contributed by atoms with Gasteiger partial charge >= 0.3 is 14.1 Å². The van der Waals surface area contributed by atoms with Gasteiger partial charge in [0.05, 0.1) is 6.61 Å². The largest absolute Gasteiger partial charge is 0.575 e. The van der Waals surface area contributed by atoms with Gasteiger partial charge in [-0.2, -0.15) is 0 Å². The molecule has 19 heavy (non-hydrogen) atoms. The number of hydrogen-bond donors (Lipinski definition) is 0. The second kappa shape index (κ2) is 7.87. The molecule has 104 valence electrons. The fourth-order valence-corrected chi connectivity index (χ4v) is 1.88. The Bertz CT molecular complexity index is 434. The Hall–Kier alpha value is -1.45. The van der Waals surface area contributed by atoms with Crippen molar-refractivity contribution >= 4 is 14.1 Å². The van der Waals surface area contributed by atoms with Crippen LogP contribution in [-0.2, 0) is 9.53 Å². The maximum absolute atomic E-state index is 11.6. The fraction of sp³-hybridized carbons (Fsp3) is 0.462. The van der Waals surface area contributed by atoms with E-state index in [0.717, 1.165) is 0 Å². The molecular formula is C13H18NO4P. The number of esters is 1. The second-order valence-corrected chi connectivity index (χ2v) is 5.35. The summed E-state index contributed by atoms with van der Waals surface area (Å²) in [7, 11) is -2.28. The molecule has 1 aromatic carbocycles. The topological polar surface area (TPSA) is 71.0 Å². The van der Waals surface area contributed by atoms with Crippen LogP contribution in [0.4, 0.5) is 0 Å². The summed E-state index contributed by atoms with van der Waals surface area (Å²) in [5.41, 5.74) is 0. The number of nitrogens with zero attached hydrogens (tertiary/aromatic N) is 1. The van der Waals surface area contributed by atoms with E-state index in [9.17, 15) is 9.69 Å². The lowest BCUT2D eigenvalue weighted by Gasteiger charge is -2.08. The minimum absolute atomic E-state index is 0.255. The van der Waals surface area contributed by atoms with E-state index < -0.39 is 20.2 Å². The molecule has 5 nitrogen and oxygen atoms in total. The van der Waals surface area contributed by atoms with Gasteiger partial charge in [-0.15, -0.1) is 0 Å². The van der Waals surface area contributed by atoms with Gasteiger partial charge < -0.3 is 9.63 Å². The average molecular weight is 283 g/mol. The lowest BCUT2D eigenvalue weighted by Crippen LogP contribution is -2.20. The predicted molar refractivity (Wildman–Crippen MR) is 71.7 cm³/mol. The van der Waals surface area contributed by atoms with Crippen LogP contribution >= 0.6 is 8.17 Å². The van der Waals surface area contributed by atoms with Gasteiger partial charge in [-0.25, -0.2) is 4.79 Å². The summed E-state index contributed by atoms with van der Waals surface area (Å²) >= 11 is 0. The van der Waals surface area contributed by atoms with E-state index in [1.54, 1.807) is 24.3 Å². The van der Waals surface area contributed by atoms with Gasteiger partial charge in [-0.1, -0.05) is 36.8 Å². The fourth-order valence-electron chi connectivity index (χ4n) is 1.15. The van der Waals surface area contributed by atoms with Crippen LogP contribution in [0.15, 0.2) is 35.1 Å². The van der Waals surface area contributed by atoms with Gasteiger partial charge in [0.1, 0.15) is 0 Å². The van der Waals surface area contributed by atoms with Crippen molar-refractivity contribution < 1.29 is 18.9 Å². The van der Waals surface area contributed by atoms with E-state index in [-0.39, 0.29) is 5.92 Å². The van der Waals surface area contributed by atoms with Crippen LogP contribution in [-0.4, -0.2) is 18.6 Å². The van der Waals surface area contributed by atoms with E-state index in [1.165, 1.54) is 6.92 Å². The molecule has 0 amide bonds. The molecule has 0 aromatic heterocycles. The molecular weight excluding hydrogens is 265 g/mol. The summed E-state index contributed by atoms with van der Waals surface area (Å²) in [4.78, 5) is 23.2. The number of carbonyl (C=O) groups is 1. The van der Waals surface area contributed by atoms with Crippen molar-refractivity contribution in [2.24, 2.45) is 10.7 Å². The summed E-state index contributed by atoms with van der Waals surface area (Å²) in [5.74, 6) is 0.217. The molecule has 0 saturated carbocycles. The smallest absolute Gasteiger partial charge is 0.395 e. The maximum Gasteiger partial charge on any atom is 0.395 e. The van der Waals surface area contributed by atoms with Crippen molar-refractivity contribution in [3.63, 3.8) is 0 Å². The van der Waals surface area contributed by atoms with Crippen molar-refractivity contribution in [3.05, 3.63) is 30.3 Å². The minimum atomic E-state index is -2.28. The van der Waals surface area contributed by atoms with Crippen LogP contribution < -0.4 is 9.42 Å². The van der Waals surface area contributed by atoms with Crippen molar-refractivity contribution in [1.29, 1.82) is 0 Å². The summed E-state index contributed by atoms with van der Waals surface area (Å²) in [6, 6.07) is 7.89. The van der Waals surface area contributed by atoms with Gasteiger partial charge in [0.2, 0.25) is 0 Å². The van der Waals surface area contributed by atoms with Gasteiger partial charge in [0, 0.05) is 0 Å². The van der Waals surface area contributed by atoms with Gasteiger partial charge in [0.25, 0.3) is 0 Å². The number of ether oxygens (including phenoxy) is 1. The zero-order valence-corrected chi connectivity index (χ0v) is 12.2. The zero-order valence-electron chi connectivity index (χ0n) is 11.3. The average Bonchev–Trinajstić information content (AvgIpc) is 2.36. The summed E-state index contributed by atoms with van der Waals surface area (Å²) in [6.07, 6.45) is 0. The van der Waals surface area contributed by atoms with E-state index in [2.05, 4.69) is 4.74 Å². The van der Waals surface area contributed by atoms with Gasteiger partial charge in [-0.05, 0) is 25.0 Å². The first-order valence-corrected chi connectivity index (χ1v) is 7.19. The summed E-state index contributed by atoms with van der Waals surface area (Å²) in [5, 5.41) is 0. The van der Waals surface area contributed by atoms with Crippen molar-refractivity contribution in [2.75, 3.05) is 6.61 Å². The molecule has 0 aliphatic heterocycles. The monoisotopic (exact) mass is 283 g/mol. The molecule has 1 aromatic rings. The first-order chi connectivity index (χ1) is 8.99. The Morgan fingerprint density at radius 1 is 1.32 bits per heavy atom. The highest BCUT2D eigenvalue weighted by Gasteiger charge is 2.18. The van der Waals surface area contributed by atoms with Crippen LogP contribution in [0.5, 0.6) is 5.75 Å². The lowest BCUT2D eigenvalue weighted by molar-refractivity contribution is -0.169. The molecule has 0 spiro atoms. The Balaban J connectivity index is 2.51. The van der Waals surface area contributed by atoms with Gasteiger partial charge in [0.15, 0.2) is 11.8 Å². The quantitative estimate of drug-likeness (QED) is 0.594. The molecule has 2 atom stereocenters. The SMILES string of the molecule is CC(C)COC(=O)[C@H](C)N=[P+]([O-])Oc1ccccc1. The molecule has 0 fully saturated rings. The standard InChI is InChI=1S/C13H18NO4P/c1-10(2)9-17-13(15)11(3)14-19(16)18-12-7-5-4-6-8-12/h4-8,10-11H,9H2,1-3H3/t11-/m0/s1. The third-order valence-electron chi connectivity index (χ3n) is 2.09. The van der Waals surface area contributed by atoms with Crippen molar-refractivity contribution in [1.82, 2.24) is 0 Å². The van der Waals surface area contributed by atoms with E-state index in [0.29, 0.717) is 12.4 Å². The molecule has 0 bridgehead atoms. The van der Waals surface area contributed by atoms with Crippen LogP contribution in [0.25, 0.3) is 0 Å². The first-order valence-electron chi connectivity index (χ1n) is 6.06. The first kappa shape index (κ1) is 15.6. The van der Waals surface area contributed by atoms with Crippen LogP contribution in [0.3, 0.4) is 0 Å². The number of hydrogen-bond acceptors (Lipinski definition) is 5. The zero-order chi connectivity index (χ0) is 14.3. The molecule has 6 heteroatoms. The van der Waals surface area contributed by atoms with E-state index >= 15 is 0 Å². The molecule has 0 radical (unpaired) electrons. The predicted octanol–water partition coefficient (Wildman–Crippen LogP) is 2.51. The number of rotatable bonds is 6. The Morgan fingerprint density at radius 3 is 2.53 bits per heavy atom. The lowest BCUT2D eigenvalue weighted by atomic mass is 10.2. The van der Waals surface area contributed by atoms with E-state index in [4.69, 9.17) is 9.26 Å². The molecule has 0 saturated heterocycles. The van der Waals surface area contributed by atoms with E-state index in [1.807, 2.05) is 19.9 Å². The van der Waals surface area contributed by atoms with Crippen LogP contribution in [0.1, 0.15) is 20.8 Å². The van der Waals surface area contributed by atoms with Crippen LogP contribution in [0.2, 0.25) is 0 Å². The minimum Gasteiger partial charge on any atom is -0.575 e. The normalized spacial score (nSPS) is 13.2. The molecule has 0 aliphatic rings. The van der Waals surface area contributed by atoms with Gasteiger partial charge in [-0.3, -0.25) is 4.52 Å². The second-order valence-electron chi connectivity index (χ2n) is 4.46. The van der Waals surface area contributed by atoms with Crippen molar-refractivity contribution in [2.45, 2.75) is 26.8 Å². The third kappa shape index (κ3) is 6.32. The Labute approximate surface area is 114 Å². The highest BCUT2D eigenvalue weighted by molar-refractivity contribution is 7.34. The molecule has 0 aliphatic carbocycles. The Morgan fingerprint density at radius 2 is 1.95 bits per heavy atom. The highest BCUT2D eigenvalue weighted by Crippen LogP contribution is 2.23. The Kier molecular flexibility index (Phi) is 6.46.